The summed E-state index contributed by atoms with van der Waals surface area (Å²) < 4.78 is 0. The lowest BCUT2D eigenvalue weighted by molar-refractivity contribution is 0.231. The van der Waals surface area contributed by atoms with Gasteiger partial charge in [0.05, 0.1) is 0 Å². The summed E-state index contributed by atoms with van der Waals surface area (Å²) in [5, 5.41) is 4.67. The molecule has 0 amide bonds. The van der Waals surface area contributed by atoms with Gasteiger partial charge in [-0.2, -0.15) is 0 Å². The summed E-state index contributed by atoms with van der Waals surface area (Å²) in [6, 6.07) is 1.19. The molecule has 5 heteroatoms. The molecule has 1 aromatic rings. The number of piperazine rings is 1. The number of nitrogens with one attached hydrogen (secondary N) is 1. The summed E-state index contributed by atoms with van der Waals surface area (Å²) in [5.41, 5.74) is 0. The molecular weight excluding hydrogens is 256 g/mol. The minimum absolute atomic E-state index is 0.420. The molecule has 1 N–H and O–H groups in total. The van der Waals surface area contributed by atoms with Crippen molar-refractivity contribution in [3.8, 4) is 0 Å². The normalized spacial score (nSPS) is 25.6. The standard InChI is InChI=1S/C14H24N4S/c1-3-15-11(2)13-9-16-14(19-13)18-8-7-17-6-4-5-12(17)10-18/h9,11-12,15H,3-8,10H2,1-2H3. The highest BCUT2D eigenvalue weighted by Gasteiger charge is 2.31. The molecule has 2 aliphatic rings. The Hall–Kier alpha value is -0.650. The van der Waals surface area contributed by atoms with Gasteiger partial charge in [0.2, 0.25) is 0 Å². The third-order valence-corrected chi connectivity index (χ3v) is 5.55. The Labute approximate surface area is 119 Å². The predicted octanol–water partition coefficient (Wildman–Crippen LogP) is 2.10. The number of hydrogen-bond acceptors (Lipinski definition) is 5. The van der Waals surface area contributed by atoms with Gasteiger partial charge in [0.25, 0.3) is 0 Å². The number of hydrogen-bond donors (Lipinski definition) is 1. The highest BCUT2D eigenvalue weighted by molar-refractivity contribution is 7.15. The number of anilines is 1. The zero-order valence-corrected chi connectivity index (χ0v) is 12.7. The van der Waals surface area contributed by atoms with Crippen LogP contribution < -0.4 is 10.2 Å². The Kier molecular flexibility index (Phi) is 4.05. The molecule has 106 valence electrons. The quantitative estimate of drug-likeness (QED) is 0.915. The first-order valence-corrected chi connectivity index (χ1v) is 8.27. The smallest absolute Gasteiger partial charge is 0.185 e. The molecule has 4 nitrogen and oxygen atoms in total. The molecule has 0 aliphatic carbocycles. The highest BCUT2D eigenvalue weighted by Crippen LogP contribution is 2.30. The lowest BCUT2D eigenvalue weighted by Gasteiger charge is -2.37. The molecule has 2 atom stereocenters. The second-order valence-corrected chi connectivity index (χ2v) is 6.64. The van der Waals surface area contributed by atoms with Crippen molar-refractivity contribution in [1.29, 1.82) is 0 Å². The second-order valence-electron chi connectivity index (χ2n) is 5.60. The average Bonchev–Trinajstić information content (AvgIpc) is 3.07. The molecule has 1 aromatic heterocycles. The van der Waals surface area contributed by atoms with Crippen LogP contribution in [0.15, 0.2) is 6.20 Å². The molecule has 2 saturated heterocycles. The summed E-state index contributed by atoms with van der Waals surface area (Å²) in [5.74, 6) is 0. The Morgan fingerprint density at radius 2 is 2.37 bits per heavy atom. The Morgan fingerprint density at radius 1 is 1.47 bits per heavy atom. The minimum atomic E-state index is 0.420. The second kappa shape index (κ2) is 5.77. The maximum absolute atomic E-state index is 4.64. The van der Waals surface area contributed by atoms with Crippen LogP contribution in [0.2, 0.25) is 0 Å². The van der Waals surface area contributed by atoms with Crippen LogP contribution in [0, 0.1) is 0 Å². The van der Waals surface area contributed by atoms with Crippen LogP contribution in [0.1, 0.15) is 37.6 Å². The number of nitrogens with zero attached hydrogens (tertiary/aromatic N) is 3. The van der Waals surface area contributed by atoms with E-state index in [2.05, 4.69) is 33.9 Å². The van der Waals surface area contributed by atoms with E-state index in [1.807, 2.05) is 17.5 Å². The van der Waals surface area contributed by atoms with E-state index in [0.29, 0.717) is 6.04 Å². The monoisotopic (exact) mass is 280 g/mol. The van der Waals surface area contributed by atoms with Crippen molar-refractivity contribution in [3.05, 3.63) is 11.1 Å². The van der Waals surface area contributed by atoms with Gasteiger partial charge in [-0.1, -0.05) is 6.92 Å². The van der Waals surface area contributed by atoms with Crippen LogP contribution in [0.25, 0.3) is 0 Å². The van der Waals surface area contributed by atoms with Crippen LogP contribution in [0.5, 0.6) is 0 Å². The van der Waals surface area contributed by atoms with Gasteiger partial charge in [0.15, 0.2) is 5.13 Å². The number of fused-ring (bicyclic) bond motifs is 1. The van der Waals surface area contributed by atoms with Crippen molar-refractivity contribution in [2.75, 3.05) is 37.6 Å². The zero-order valence-electron chi connectivity index (χ0n) is 11.9. The molecule has 3 heterocycles. The maximum Gasteiger partial charge on any atom is 0.185 e. The van der Waals surface area contributed by atoms with Crippen LogP contribution in [0.3, 0.4) is 0 Å². The number of aromatic nitrogens is 1. The van der Waals surface area contributed by atoms with Gasteiger partial charge in [-0.05, 0) is 32.9 Å². The zero-order chi connectivity index (χ0) is 13.2. The summed E-state index contributed by atoms with van der Waals surface area (Å²) in [4.78, 5) is 11.1. The number of thiazole rings is 1. The average molecular weight is 280 g/mol. The summed E-state index contributed by atoms with van der Waals surface area (Å²) >= 11 is 1.86. The largest absolute Gasteiger partial charge is 0.345 e. The van der Waals surface area contributed by atoms with Crippen molar-refractivity contribution in [3.63, 3.8) is 0 Å². The number of rotatable bonds is 4. The lowest BCUT2D eigenvalue weighted by atomic mass is 10.2. The van der Waals surface area contributed by atoms with Crippen LogP contribution in [-0.2, 0) is 0 Å². The van der Waals surface area contributed by atoms with E-state index in [-0.39, 0.29) is 0 Å². The van der Waals surface area contributed by atoms with Gasteiger partial charge in [-0.15, -0.1) is 11.3 Å². The SMILES string of the molecule is CCNC(C)c1cnc(N2CCN3CCCC3C2)s1. The van der Waals surface area contributed by atoms with Gasteiger partial charge in [0, 0.05) is 42.8 Å². The topological polar surface area (TPSA) is 31.4 Å². The maximum atomic E-state index is 4.64. The summed E-state index contributed by atoms with van der Waals surface area (Å²) in [7, 11) is 0. The molecule has 3 rings (SSSR count). The van der Waals surface area contributed by atoms with Crippen molar-refractivity contribution in [2.45, 2.75) is 38.8 Å². The van der Waals surface area contributed by atoms with Gasteiger partial charge in [-0.25, -0.2) is 4.98 Å². The molecule has 2 unspecified atom stereocenters. The first kappa shape index (κ1) is 13.3. The third-order valence-electron chi connectivity index (χ3n) is 4.31. The predicted molar refractivity (Wildman–Crippen MR) is 81.0 cm³/mol. The van der Waals surface area contributed by atoms with Gasteiger partial charge >= 0.3 is 0 Å². The fraction of sp³-hybridized carbons (Fsp3) is 0.786. The van der Waals surface area contributed by atoms with Crippen LogP contribution in [-0.4, -0.2) is 48.6 Å². The van der Waals surface area contributed by atoms with E-state index >= 15 is 0 Å². The lowest BCUT2D eigenvalue weighted by Crippen LogP contribution is -2.50. The van der Waals surface area contributed by atoms with E-state index < -0.39 is 0 Å². The Morgan fingerprint density at radius 3 is 3.21 bits per heavy atom. The fourth-order valence-corrected chi connectivity index (χ4v) is 4.17. The molecule has 2 fully saturated rings. The van der Waals surface area contributed by atoms with Gasteiger partial charge < -0.3 is 10.2 Å². The summed E-state index contributed by atoms with van der Waals surface area (Å²) in [6.45, 7) is 10.2. The first-order valence-electron chi connectivity index (χ1n) is 7.46. The van der Waals surface area contributed by atoms with Crippen molar-refractivity contribution in [2.24, 2.45) is 0 Å². The molecule has 2 aliphatic heterocycles. The van der Waals surface area contributed by atoms with Gasteiger partial charge in [0.1, 0.15) is 0 Å². The highest BCUT2D eigenvalue weighted by atomic mass is 32.1. The van der Waals surface area contributed by atoms with E-state index in [9.17, 15) is 0 Å². The van der Waals surface area contributed by atoms with E-state index in [0.717, 1.165) is 19.1 Å². The molecule has 0 bridgehead atoms. The van der Waals surface area contributed by atoms with Gasteiger partial charge in [-0.3, -0.25) is 4.90 Å². The fourth-order valence-electron chi connectivity index (χ4n) is 3.19. The Balaban J connectivity index is 1.66. The molecule has 0 spiro atoms. The third kappa shape index (κ3) is 2.78. The van der Waals surface area contributed by atoms with Crippen LogP contribution in [0.4, 0.5) is 5.13 Å². The molecular formula is C14H24N4S. The Bertz CT molecular complexity index is 419. The first-order chi connectivity index (χ1) is 9.28. The molecule has 19 heavy (non-hydrogen) atoms. The van der Waals surface area contributed by atoms with Crippen molar-refractivity contribution in [1.82, 2.24) is 15.2 Å². The van der Waals surface area contributed by atoms with E-state index in [4.69, 9.17) is 0 Å². The van der Waals surface area contributed by atoms with Crippen molar-refractivity contribution >= 4 is 16.5 Å². The van der Waals surface area contributed by atoms with E-state index in [1.54, 1.807) is 0 Å². The molecule has 0 radical (unpaired) electrons. The molecule has 0 saturated carbocycles. The molecule has 0 aromatic carbocycles. The van der Waals surface area contributed by atoms with Crippen LogP contribution >= 0.6 is 11.3 Å². The van der Waals surface area contributed by atoms with E-state index in [1.165, 1.54) is 42.5 Å². The summed E-state index contributed by atoms with van der Waals surface area (Å²) in [6.07, 6.45) is 4.79. The van der Waals surface area contributed by atoms with Crippen molar-refractivity contribution < 1.29 is 0 Å². The minimum Gasteiger partial charge on any atom is -0.345 e.